The van der Waals surface area contributed by atoms with E-state index in [1.54, 1.807) is 19.1 Å². The molecule has 0 aliphatic carbocycles. The van der Waals surface area contributed by atoms with Gasteiger partial charge in [-0.05, 0) is 31.0 Å². The van der Waals surface area contributed by atoms with Crippen LogP contribution < -0.4 is 4.74 Å². The van der Waals surface area contributed by atoms with Gasteiger partial charge in [-0.2, -0.15) is 5.26 Å². The van der Waals surface area contributed by atoms with Crippen molar-refractivity contribution in [2.45, 2.75) is 24.9 Å². The van der Waals surface area contributed by atoms with Crippen molar-refractivity contribution in [1.82, 2.24) is 4.90 Å². The second-order valence-electron chi connectivity index (χ2n) is 5.70. The number of hydrogen-bond acceptors (Lipinski definition) is 7. The van der Waals surface area contributed by atoms with Gasteiger partial charge in [0, 0.05) is 6.54 Å². The fourth-order valence-corrected chi connectivity index (χ4v) is 4.07. The minimum Gasteiger partial charge on any atom is -0.504 e. The Morgan fingerprint density at radius 3 is 2.89 bits per heavy atom. The summed E-state index contributed by atoms with van der Waals surface area (Å²) in [6.07, 6.45) is 0.432. The van der Waals surface area contributed by atoms with E-state index in [0.29, 0.717) is 23.7 Å². The molecule has 1 aromatic rings. The average molecular weight is 390 g/mol. The van der Waals surface area contributed by atoms with E-state index < -0.39 is 11.5 Å². The van der Waals surface area contributed by atoms with E-state index in [9.17, 15) is 20.3 Å². The lowest BCUT2D eigenvalue weighted by atomic mass is 10.1. The molecule has 7 nitrogen and oxygen atoms in total. The van der Waals surface area contributed by atoms with Gasteiger partial charge in [0.15, 0.2) is 17.8 Å². The SMILES string of the molecule is C=CCOC(O)/C(C#N)=C1\SC(Cc2ccc(O)c(OC)c2)C(=O)N1CC. The molecule has 1 fully saturated rings. The number of aliphatic hydroxyl groups excluding tert-OH is 1. The van der Waals surface area contributed by atoms with Crippen LogP contribution in [0.5, 0.6) is 11.5 Å². The van der Waals surface area contributed by atoms with Crippen LogP contribution in [0.3, 0.4) is 0 Å². The first-order valence-electron chi connectivity index (χ1n) is 8.35. The summed E-state index contributed by atoms with van der Waals surface area (Å²) in [5.74, 6) is 0.210. The van der Waals surface area contributed by atoms with Crippen molar-refractivity contribution in [3.8, 4) is 17.6 Å². The molecule has 1 heterocycles. The van der Waals surface area contributed by atoms with Gasteiger partial charge in [0.05, 0.1) is 24.0 Å². The number of phenolic OH excluding ortho intramolecular Hbond substituents is 1. The minimum absolute atomic E-state index is 0.00263. The molecule has 2 unspecified atom stereocenters. The number of carbonyl (C=O) groups excluding carboxylic acids is 1. The number of rotatable bonds is 8. The van der Waals surface area contributed by atoms with Crippen LogP contribution in [0.2, 0.25) is 0 Å². The van der Waals surface area contributed by atoms with E-state index in [4.69, 9.17) is 9.47 Å². The van der Waals surface area contributed by atoms with Gasteiger partial charge in [-0.25, -0.2) is 0 Å². The van der Waals surface area contributed by atoms with Gasteiger partial charge in [-0.3, -0.25) is 4.79 Å². The van der Waals surface area contributed by atoms with Crippen molar-refractivity contribution in [2.24, 2.45) is 0 Å². The third kappa shape index (κ3) is 4.63. The Labute approximate surface area is 162 Å². The molecule has 1 amide bonds. The molecule has 144 valence electrons. The molecule has 2 N–H and O–H groups in total. The van der Waals surface area contributed by atoms with E-state index >= 15 is 0 Å². The lowest BCUT2D eigenvalue weighted by Gasteiger charge is -2.18. The maximum Gasteiger partial charge on any atom is 0.241 e. The molecule has 0 radical (unpaired) electrons. The molecular weight excluding hydrogens is 368 g/mol. The average Bonchev–Trinajstić information content (AvgIpc) is 2.97. The van der Waals surface area contributed by atoms with Crippen LogP contribution in [0.1, 0.15) is 12.5 Å². The van der Waals surface area contributed by atoms with Crippen LogP contribution in [0, 0.1) is 11.3 Å². The Bertz CT molecular complexity index is 787. The predicted molar refractivity (Wildman–Crippen MR) is 102 cm³/mol. The Hall–Kier alpha value is -2.47. The summed E-state index contributed by atoms with van der Waals surface area (Å²) >= 11 is 1.22. The normalized spacial score (nSPS) is 19.6. The number of hydrogen-bond donors (Lipinski definition) is 2. The quantitative estimate of drug-likeness (QED) is 0.398. The number of amides is 1. The molecule has 0 saturated carbocycles. The third-order valence-electron chi connectivity index (χ3n) is 3.99. The van der Waals surface area contributed by atoms with Gasteiger partial charge >= 0.3 is 0 Å². The molecular formula is C19H22N2O5S. The zero-order valence-electron chi connectivity index (χ0n) is 15.2. The number of ether oxygens (including phenoxy) is 2. The first-order chi connectivity index (χ1) is 13.0. The molecule has 0 bridgehead atoms. The van der Waals surface area contributed by atoms with Crippen LogP contribution in [-0.4, -0.2) is 52.8 Å². The third-order valence-corrected chi connectivity index (χ3v) is 5.31. The number of aliphatic hydroxyl groups is 1. The molecule has 0 spiro atoms. The van der Waals surface area contributed by atoms with Crippen molar-refractivity contribution in [3.63, 3.8) is 0 Å². The van der Waals surface area contributed by atoms with Crippen LogP contribution in [0.4, 0.5) is 0 Å². The Morgan fingerprint density at radius 1 is 1.56 bits per heavy atom. The highest BCUT2D eigenvalue weighted by molar-refractivity contribution is 8.04. The molecule has 1 aromatic carbocycles. The van der Waals surface area contributed by atoms with Crippen LogP contribution in [-0.2, 0) is 16.0 Å². The van der Waals surface area contributed by atoms with Crippen LogP contribution in [0.25, 0.3) is 0 Å². The lowest BCUT2D eigenvalue weighted by Crippen LogP contribution is -2.30. The maximum absolute atomic E-state index is 12.8. The van der Waals surface area contributed by atoms with Gasteiger partial charge in [-0.15, -0.1) is 6.58 Å². The summed E-state index contributed by atoms with van der Waals surface area (Å²) < 4.78 is 10.2. The summed E-state index contributed by atoms with van der Waals surface area (Å²) in [7, 11) is 1.46. The van der Waals surface area contributed by atoms with E-state index in [0.717, 1.165) is 5.56 Å². The molecule has 1 aliphatic rings. The molecule has 1 aliphatic heterocycles. The number of nitrogens with zero attached hydrogens (tertiary/aromatic N) is 2. The number of phenols is 1. The fourth-order valence-electron chi connectivity index (χ4n) is 2.67. The molecule has 2 rings (SSSR count). The highest BCUT2D eigenvalue weighted by Gasteiger charge is 2.39. The van der Waals surface area contributed by atoms with Gasteiger partial charge in [0.2, 0.25) is 5.91 Å². The van der Waals surface area contributed by atoms with Gasteiger partial charge in [0.1, 0.15) is 11.6 Å². The Balaban J connectivity index is 2.28. The van der Waals surface area contributed by atoms with E-state index in [-0.39, 0.29) is 23.8 Å². The minimum atomic E-state index is -1.43. The molecule has 8 heteroatoms. The fraction of sp³-hybridized carbons (Fsp3) is 0.368. The van der Waals surface area contributed by atoms with Gasteiger partial charge in [-0.1, -0.05) is 23.9 Å². The Kier molecular flexibility index (Phi) is 7.30. The highest BCUT2D eigenvalue weighted by Crippen LogP contribution is 2.40. The zero-order valence-corrected chi connectivity index (χ0v) is 16.0. The van der Waals surface area contributed by atoms with Crippen LogP contribution in [0.15, 0.2) is 41.5 Å². The number of aromatic hydroxyl groups is 1. The standard InChI is InChI=1S/C19H22N2O5S/c1-4-8-26-19(24)13(11-20)18-21(5-2)17(23)16(27-18)10-12-6-7-14(22)15(9-12)25-3/h4,6-7,9,16,19,22,24H,1,5,8,10H2,2-3H3/b18-13-. The second kappa shape index (κ2) is 9.46. The number of nitriles is 1. The van der Waals surface area contributed by atoms with Crippen molar-refractivity contribution in [1.29, 1.82) is 5.26 Å². The maximum atomic E-state index is 12.8. The molecule has 0 aromatic heterocycles. The smallest absolute Gasteiger partial charge is 0.241 e. The Morgan fingerprint density at radius 2 is 2.30 bits per heavy atom. The number of methoxy groups -OCH3 is 1. The summed E-state index contributed by atoms with van der Waals surface area (Å²) in [5, 5.41) is 29.2. The van der Waals surface area contributed by atoms with E-state index in [2.05, 4.69) is 6.58 Å². The van der Waals surface area contributed by atoms with Crippen molar-refractivity contribution < 1.29 is 24.5 Å². The zero-order chi connectivity index (χ0) is 20.0. The van der Waals surface area contributed by atoms with Crippen molar-refractivity contribution in [2.75, 3.05) is 20.3 Å². The lowest BCUT2D eigenvalue weighted by molar-refractivity contribution is -0.127. The first-order valence-corrected chi connectivity index (χ1v) is 9.23. The highest BCUT2D eigenvalue weighted by atomic mass is 32.2. The van der Waals surface area contributed by atoms with E-state index in [1.807, 2.05) is 6.07 Å². The number of benzene rings is 1. The van der Waals surface area contributed by atoms with E-state index in [1.165, 1.54) is 35.9 Å². The monoisotopic (exact) mass is 390 g/mol. The van der Waals surface area contributed by atoms with Crippen molar-refractivity contribution in [3.05, 3.63) is 47.0 Å². The topological polar surface area (TPSA) is 103 Å². The van der Waals surface area contributed by atoms with Crippen molar-refractivity contribution >= 4 is 17.7 Å². The number of thioether (sulfide) groups is 1. The predicted octanol–water partition coefficient (Wildman–Crippen LogP) is 2.16. The number of carbonyl (C=O) groups is 1. The molecule has 1 saturated heterocycles. The molecule has 27 heavy (non-hydrogen) atoms. The van der Waals surface area contributed by atoms with Gasteiger partial charge in [0.25, 0.3) is 0 Å². The second-order valence-corrected chi connectivity index (χ2v) is 6.90. The van der Waals surface area contributed by atoms with Crippen LogP contribution >= 0.6 is 11.8 Å². The van der Waals surface area contributed by atoms with Gasteiger partial charge < -0.3 is 24.6 Å². The summed E-state index contributed by atoms with van der Waals surface area (Å²) in [5.41, 5.74) is 0.817. The summed E-state index contributed by atoms with van der Waals surface area (Å²) in [4.78, 5) is 14.3. The summed E-state index contributed by atoms with van der Waals surface area (Å²) in [6, 6.07) is 6.86. The summed E-state index contributed by atoms with van der Waals surface area (Å²) in [6.45, 7) is 5.76. The molecule has 2 atom stereocenters. The first kappa shape index (κ1) is 20.8. The largest absolute Gasteiger partial charge is 0.504 e.